The second-order valence-electron chi connectivity index (χ2n) is 8.72. The van der Waals surface area contributed by atoms with Gasteiger partial charge in [-0.3, -0.25) is 9.69 Å². The van der Waals surface area contributed by atoms with Crippen LogP contribution in [0.25, 0.3) is 10.9 Å². The Morgan fingerprint density at radius 1 is 1.00 bits per heavy atom. The van der Waals surface area contributed by atoms with Crippen LogP contribution >= 0.6 is 15.9 Å². The van der Waals surface area contributed by atoms with Crippen molar-refractivity contribution in [3.63, 3.8) is 0 Å². The number of carboxylic acid groups (broad SMARTS) is 1. The van der Waals surface area contributed by atoms with E-state index in [4.69, 9.17) is 10.1 Å². The van der Waals surface area contributed by atoms with Gasteiger partial charge in [0.05, 0.1) is 22.5 Å². The molecule has 0 atom stereocenters. The molecule has 0 aliphatic carbocycles. The quantitative estimate of drug-likeness (QED) is 0.193. The van der Waals surface area contributed by atoms with Crippen molar-refractivity contribution >= 4 is 44.2 Å². The van der Waals surface area contributed by atoms with Crippen LogP contribution in [-0.4, -0.2) is 44.9 Å². The van der Waals surface area contributed by atoms with Crippen LogP contribution in [0.3, 0.4) is 0 Å². The zero-order valence-corrected chi connectivity index (χ0v) is 22.0. The van der Waals surface area contributed by atoms with Crippen LogP contribution < -0.4 is 0 Å². The van der Waals surface area contributed by atoms with Crippen LogP contribution in [0.2, 0.25) is 0 Å². The fraction of sp³-hybridized carbons (Fsp3) is 0.241. The number of aliphatic carboxylic acids is 1. The average molecular weight is 548 g/mol. The van der Waals surface area contributed by atoms with Crippen LogP contribution in [0.4, 0.5) is 5.69 Å². The van der Waals surface area contributed by atoms with E-state index in [1.54, 1.807) is 0 Å². The Hall–Kier alpha value is -3.42. The van der Waals surface area contributed by atoms with E-state index in [0.29, 0.717) is 17.7 Å². The molecule has 4 aromatic rings. The number of fused-ring (bicyclic) bond motifs is 1. The number of carbonyl (C=O) groups is 1. The van der Waals surface area contributed by atoms with E-state index < -0.39 is 5.97 Å². The van der Waals surface area contributed by atoms with E-state index in [1.165, 1.54) is 5.56 Å². The number of carboxylic acids is 1. The van der Waals surface area contributed by atoms with Crippen molar-refractivity contribution in [2.45, 2.75) is 33.2 Å². The molecule has 0 radical (unpaired) electrons. The molecule has 7 heteroatoms. The van der Waals surface area contributed by atoms with Crippen LogP contribution in [0.5, 0.6) is 5.88 Å². The van der Waals surface area contributed by atoms with Crippen LogP contribution in [-0.2, 0) is 17.8 Å². The summed E-state index contributed by atoms with van der Waals surface area (Å²) in [4.78, 5) is 21.5. The minimum Gasteiger partial charge on any atom is -0.494 e. The maximum absolute atomic E-state index is 11.1. The second-order valence-corrected chi connectivity index (χ2v) is 9.64. The fourth-order valence-electron chi connectivity index (χ4n) is 4.30. The molecule has 3 N–H and O–H groups in total. The molecule has 6 nitrogen and oxygen atoms in total. The predicted molar refractivity (Wildman–Crippen MR) is 148 cm³/mol. The number of aromatic nitrogens is 1. The first kappa shape index (κ1) is 25.7. The number of aryl methyl sites for hydroxylation is 1. The summed E-state index contributed by atoms with van der Waals surface area (Å²) in [5.74, 6) is -0.796. The third-order valence-corrected chi connectivity index (χ3v) is 6.78. The number of rotatable bonds is 10. The standard InChI is InChI=1S/C29H30BrN3O3/c1-3-33(4-2)18-20-8-12-23(13-9-20)31-28(21-7-5-6-19(16-21)10-15-26(34)35)27-24-14-11-22(30)17-25(24)32-29(27)36/h5-9,11-14,16-17,32,36H,3-4,10,15,18H2,1-2H3,(H,34,35). The van der Waals surface area contributed by atoms with Gasteiger partial charge in [0.25, 0.3) is 0 Å². The van der Waals surface area contributed by atoms with Gasteiger partial charge in [0.2, 0.25) is 0 Å². The first-order valence-electron chi connectivity index (χ1n) is 12.1. The van der Waals surface area contributed by atoms with Crippen molar-refractivity contribution < 1.29 is 15.0 Å². The Morgan fingerprint density at radius 2 is 1.75 bits per heavy atom. The smallest absolute Gasteiger partial charge is 0.303 e. The topological polar surface area (TPSA) is 88.9 Å². The van der Waals surface area contributed by atoms with Gasteiger partial charge < -0.3 is 15.2 Å². The Kier molecular flexibility index (Phi) is 8.23. The molecule has 0 amide bonds. The first-order valence-corrected chi connectivity index (χ1v) is 12.9. The highest BCUT2D eigenvalue weighted by molar-refractivity contribution is 9.10. The van der Waals surface area contributed by atoms with Crippen molar-refractivity contribution in [2.75, 3.05) is 13.1 Å². The molecular weight excluding hydrogens is 518 g/mol. The van der Waals surface area contributed by atoms with E-state index >= 15 is 0 Å². The van der Waals surface area contributed by atoms with Gasteiger partial charge in [0.1, 0.15) is 0 Å². The van der Waals surface area contributed by atoms with Crippen molar-refractivity contribution in [1.29, 1.82) is 0 Å². The van der Waals surface area contributed by atoms with Crippen LogP contribution in [0, 0.1) is 0 Å². The number of aromatic amines is 1. The molecule has 0 spiro atoms. The van der Waals surface area contributed by atoms with Gasteiger partial charge >= 0.3 is 5.97 Å². The molecule has 0 saturated heterocycles. The van der Waals surface area contributed by atoms with E-state index in [1.807, 2.05) is 54.6 Å². The maximum Gasteiger partial charge on any atom is 0.303 e. The number of hydrogen-bond donors (Lipinski definition) is 3. The van der Waals surface area contributed by atoms with Crippen LogP contribution in [0.1, 0.15) is 42.5 Å². The van der Waals surface area contributed by atoms with Crippen molar-refractivity contribution in [3.05, 3.63) is 93.5 Å². The molecule has 0 aliphatic rings. The zero-order valence-electron chi connectivity index (χ0n) is 20.5. The number of aromatic hydroxyl groups is 1. The minimum absolute atomic E-state index is 0.0379. The van der Waals surface area contributed by atoms with Gasteiger partial charge in [-0.25, -0.2) is 4.99 Å². The average Bonchev–Trinajstić information content (AvgIpc) is 3.20. The Balaban J connectivity index is 1.80. The van der Waals surface area contributed by atoms with E-state index in [0.717, 1.165) is 51.8 Å². The summed E-state index contributed by atoms with van der Waals surface area (Å²) >= 11 is 3.49. The SMILES string of the molecule is CCN(CC)Cc1ccc(N=C(c2cccc(CCC(=O)O)c2)c2c(O)[nH]c3cc(Br)ccc23)cc1. The van der Waals surface area contributed by atoms with Crippen molar-refractivity contribution in [3.8, 4) is 5.88 Å². The van der Waals surface area contributed by atoms with Crippen molar-refractivity contribution in [2.24, 2.45) is 4.99 Å². The summed E-state index contributed by atoms with van der Waals surface area (Å²) in [6, 6.07) is 21.7. The highest BCUT2D eigenvalue weighted by atomic mass is 79.9. The lowest BCUT2D eigenvalue weighted by Gasteiger charge is -2.17. The number of benzene rings is 3. The Labute approximate surface area is 219 Å². The molecule has 0 unspecified atom stereocenters. The molecule has 186 valence electrons. The van der Waals surface area contributed by atoms with Gasteiger partial charge in [0, 0.05) is 28.4 Å². The summed E-state index contributed by atoms with van der Waals surface area (Å²) in [5.41, 5.74) is 5.73. The number of aliphatic imine (C=N–C) groups is 1. The zero-order chi connectivity index (χ0) is 25.7. The number of nitrogens with one attached hydrogen (secondary N) is 1. The number of halogens is 1. The molecule has 1 heterocycles. The van der Waals surface area contributed by atoms with Gasteiger partial charge in [-0.05, 0) is 61.0 Å². The lowest BCUT2D eigenvalue weighted by Crippen LogP contribution is -2.21. The summed E-state index contributed by atoms with van der Waals surface area (Å²) in [5, 5.41) is 20.9. The number of H-pyrrole nitrogens is 1. The minimum atomic E-state index is -0.834. The third kappa shape index (κ3) is 6.04. The summed E-state index contributed by atoms with van der Waals surface area (Å²) in [6.07, 6.45) is 0.472. The highest BCUT2D eigenvalue weighted by Gasteiger charge is 2.19. The molecule has 36 heavy (non-hydrogen) atoms. The van der Waals surface area contributed by atoms with Gasteiger partial charge in [-0.15, -0.1) is 0 Å². The maximum atomic E-state index is 11.1. The molecule has 1 aromatic heterocycles. The van der Waals surface area contributed by atoms with E-state index in [9.17, 15) is 9.90 Å². The third-order valence-electron chi connectivity index (χ3n) is 6.28. The highest BCUT2D eigenvalue weighted by Crippen LogP contribution is 2.33. The number of hydrogen-bond acceptors (Lipinski definition) is 4. The first-order chi connectivity index (χ1) is 17.4. The molecular formula is C29H30BrN3O3. The lowest BCUT2D eigenvalue weighted by atomic mass is 9.97. The summed E-state index contributed by atoms with van der Waals surface area (Å²) in [6.45, 7) is 7.19. The summed E-state index contributed by atoms with van der Waals surface area (Å²) < 4.78 is 0.903. The molecule has 4 rings (SSSR count). The van der Waals surface area contributed by atoms with Crippen LogP contribution in [0.15, 0.2) is 76.2 Å². The van der Waals surface area contributed by atoms with E-state index in [-0.39, 0.29) is 12.3 Å². The van der Waals surface area contributed by atoms with E-state index in [2.05, 4.69) is 51.8 Å². The molecule has 0 fully saturated rings. The Morgan fingerprint density at radius 3 is 2.44 bits per heavy atom. The molecule has 3 aromatic carbocycles. The largest absolute Gasteiger partial charge is 0.494 e. The van der Waals surface area contributed by atoms with Gasteiger partial charge in [-0.2, -0.15) is 0 Å². The number of nitrogens with zero attached hydrogens (tertiary/aromatic N) is 2. The fourth-order valence-corrected chi connectivity index (χ4v) is 4.66. The molecule has 0 bridgehead atoms. The Bertz CT molecular complexity index is 1390. The van der Waals surface area contributed by atoms with Gasteiger partial charge in [0.15, 0.2) is 5.88 Å². The second kappa shape index (κ2) is 11.5. The van der Waals surface area contributed by atoms with Gasteiger partial charge in [-0.1, -0.05) is 66.2 Å². The molecule has 0 aliphatic heterocycles. The monoisotopic (exact) mass is 547 g/mol. The lowest BCUT2D eigenvalue weighted by molar-refractivity contribution is -0.136. The molecule has 0 saturated carbocycles. The van der Waals surface area contributed by atoms with Crippen molar-refractivity contribution in [1.82, 2.24) is 9.88 Å². The normalized spacial score (nSPS) is 11.9. The predicted octanol–water partition coefficient (Wildman–Crippen LogP) is 6.66. The summed E-state index contributed by atoms with van der Waals surface area (Å²) in [7, 11) is 0.